The first kappa shape index (κ1) is 12.1. The van der Waals surface area contributed by atoms with Gasteiger partial charge in [0.05, 0.1) is 5.69 Å². The predicted octanol–water partition coefficient (Wildman–Crippen LogP) is 3.71. The first-order valence-electron chi connectivity index (χ1n) is 6.53. The van der Waals surface area contributed by atoms with Crippen LogP contribution in [0.4, 0.5) is 0 Å². The van der Waals surface area contributed by atoms with E-state index in [1.54, 1.807) is 11.3 Å². The first-order chi connectivity index (χ1) is 9.72. The van der Waals surface area contributed by atoms with Gasteiger partial charge in [0.15, 0.2) is 10.0 Å². The molecule has 0 bridgehead atoms. The van der Waals surface area contributed by atoms with Gasteiger partial charge in [0.2, 0.25) is 0 Å². The van der Waals surface area contributed by atoms with Crippen molar-refractivity contribution < 1.29 is 10.2 Å². The Kier molecular flexibility index (Phi) is 2.68. The van der Waals surface area contributed by atoms with Gasteiger partial charge < -0.3 is 10.2 Å². The molecule has 1 aliphatic rings. The molecule has 4 rings (SSSR count). The van der Waals surface area contributed by atoms with Crippen molar-refractivity contribution in [3.63, 3.8) is 0 Å². The smallest absolute Gasteiger partial charge is 0.153 e. The van der Waals surface area contributed by atoms with Gasteiger partial charge >= 0.3 is 0 Å². The number of hydrogen-bond acceptors (Lipinski definition) is 6. The fourth-order valence-electron chi connectivity index (χ4n) is 2.51. The molecule has 0 atom stereocenters. The molecule has 0 aliphatic heterocycles. The highest BCUT2D eigenvalue weighted by molar-refractivity contribution is 7.25. The molecular formula is C14H12N2O2S2. The van der Waals surface area contributed by atoms with Crippen LogP contribution in [-0.2, 0) is 12.8 Å². The molecule has 4 nitrogen and oxygen atoms in total. The van der Waals surface area contributed by atoms with Crippen LogP contribution < -0.4 is 0 Å². The van der Waals surface area contributed by atoms with E-state index in [4.69, 9.17) is 0 Å². The number of phenolic OH excluding ortho intramolecular Hbond substituents is 2. The van der Waals surface area contributed by atoms with Crippen LogP contribution in [0, 0.1) is 0 Å². The van der Waals surface area contributed by atoms with Crippen molar-refractivity contribution in [2.24, 2.45) is 0 Å². The molecule has 0 radical (unpaired) electrons. The van der Waals surface area contributed by atoms with Gasteiger partial charge in [-0.15, -0.1) is 22.7 Å². The summed E-state index contributed by atoms with van der Waals surface area (Å²) in [6, 6.07) is 2.96. The Morgan fingerprint density at radius 3 is 2.45 bits per heavy atom. The second-order valence-corrected chi connectivity index (χ2v) is 6.98. The second kappa shape index (κ2) is 4.43. The molecule has 2 aromatic heterocycles. The van der Waals surface area contributed by atoms with Crippen LogP contribution >= 0.6 is 22.7 Å². The number of nitrogens with zero attached hydrogens (tertiary/aromatic N) is 2. The maximum Gasteiger partial charge on any atom is 0.153 e. The zero-order valence-corrected chi connectivity index (χ0v) is 12.2. The average Bonchev–Trinajstić information content (AvgIpc) is 3.06. The minimum atomic E-state index is 0.0987. The molecule has 1 aliphatic carbocycles. The molecule has 0 spiro atoms. The number of thiazole rings is 2. The number of phenols is 2. The summed E-state index contributed by atoms with van der Waals surface area (Å²) in [4.78, 5) is 10.5. The topological polar surface area (TPSA) is 66.2 Å². The summed E-state index contributed by atoms with van der Waals surface area (Å²) in [7, 11) is 0. The predicted molar refractivity (Wildman–Crippen MR) is 80.7 cm³/mol. The third-order valence-corrected chi connectivity index (χ3v) is 5.91. The molecule has 2 heterocycles. The first-order valence-corrected chi connectivity index (χ1v) is 8.16. The van der Waals surface area contributed by atoms with Crippen LogP contribution in [0.5, 0.6) is 11.5 Å². The van der Waals surface area contributed by atoms with Crippen LogP contribution in [0.15, 0.2) is 12.1 Å². The third kappa shape index (κ3) is 1.79. The van der Waals surface area contributed by atoms with E-state index >= 15 is 0 Å². The lowest BCUT2D eigenvalue weighted by Gasteiger charge is -2.06. The van der Waals surface area contributed by atoms with Crippen molar-refractivity contribution in [3.8, 4) is 21.5 Å². The Bertz CT molecular complexity index is 744. The summed E-state index contributed by atoms with van der Waals surface area (Å²) in [6.45, 7) is 0. The third-order valence-electron chi connectivity index (χ3n) is 3.53. The summed E-state index contributed by atoms with van der Waals surface area (Å²) >= 11 is 3.07. The zero-order chi connectivity index (χ0) is 13.7. The maximum atomic E-state index is 9.86. The quantitative estimate of drug-likeness (QED) is 0.673. The van der Waals surface area contributed by atoms with Crippen LogP contribution in [0.2, 0.25) is 0 Å². The average molecular weight is 304 g/mol. The Labute approximate surface area is 123 Å². The Hall–Kier alpha value is -1.66. The SMILES string of the molecule is Oc1ccc(O)c2sc(-c3nc4c(s3)CCCC4)nc12. The van der Waals surface area contributed by atoms with Crippen LogP contribution in [-0.4, -0.2) is 20.2 Å². The van der Waals surface area contributed by atoms with Gasteiger partial charge in [-0.3, -0.25) is 0 Å². The largest absolute Gasteiger partial charge is 0.506 e. The van der Waals surface area contributed by atoms with E-state index in [0.717, 1.165) is 22.9 Å². The van der Waals surface area contributed by atoms with Crippen LogP contribution in [0.25, 0.3) is 20.2 Å². The van der Waals surface area contributed by atoms with Crippen molar-refractivity contribution >= 4 is 32.9 Å². The number of rotatable bonds is 1. The van der Waals surface area contributed by atoms with Crippen LogP contribution in [0.1, 0.15) is 23.4 Å². The lowest BCUT2D eigenvalue weighted by Crippen LogP contribution is -1.98. The highest BCUT2D eigenvalue weighted by Crippen LogP contribution is 2.41. The number of aromatic hydroxyl groups is 2. The molecule has 0 saturated carbocycles. The van der Waals surface area contributed by atoms with Gasteiger partial charge in [-0.1, -0.05) is 0 Å². The molecule has 20 heavy (non-hydrogen) atoms. The van der Waals surface area contributed by atoms with E-state index in [9.17, 15) is 10.2 Å². The van der Waals surface area contributed by atoms with Crippen molar-refractivity contribution in [3.05, 3.63) is 22.7 Å². The Morgan fingerprint density at radius 1 is 0.900 bits per heavy atom. The highest BCUT2D eigenvalue weighted by Gasteiger charge is 2.19. The molecule has 0 fully saturated rings. The van der Waals surface area contributed by atoms with Gasteiger partial charge in [0.1, 0.15) is 21.7 Å². The number of aryl methyl sites for hydroxylation is 2. The van der Waals surface area contributed by atoms with Crippen LogP contribution in [0.3, 0.4) is 0 Å². The maximum absolute atomic E-state index is 9.86. The minimum absolute atomic E-state index is 0.0987. The van der Waals surface area contributed by atoms with Gasteiger partial charge in [0, 0.05) is 4.88 Å². The number of hydrogen-bond donors (Lipinski definition) is 2. The molecule has 2 N–H and O–H groups in total. The van der Waals surface area contributed by atoms with E-state index in [1.165, 1.54) is 46.9 Å². The fraction of sp³-hybridized carbons (Fsp3) is 0.286. The second-order valence-electron chi connectivity index (χ2n) is 4.90. The monoisotopic (exact) mass is 304 g/mol. The lowest BCUT2D eigenvalue weighted by atomic mass is 10.0. The molecule has 6 heteroatoms. The minimum Gasteiger partial charge on any atom is -0.506 e. The molecule has 0 unspecified atom stereocenters. The van der Waals surface area contributed by atoms with E-state index in [2.05, 4.69) is 9.97 Å². The summed E-state index contributed by atoms with van der Waals surface area (Å²) < 4.78 is 0.619. The van der Waals surface area contributed by atoms with E-state index < -0.39 is 0 Å². The fourth-order valence-corrected chi connectivity index (χ4v) is 4.68. The molecular weight excluding hydrogens is 292 g/mol. The molecule has 1 aromatic carbocycles. The Balaban J connectivity index is 1.88. The molecule has 3 aromatic rings. The zero-order valence-electron chi connectivity index (χ0n) is 10.6. The van der Waals surface area contributed by atoms with Gasteiger partial charge in [-0.2, -0.15) is 0 Å². The normalized spacial score (nSPS) is 14.6. The number of aromatic nitrogens is 2. The van der Waals surface area contributed by atoms with Gasteiger partial charge in [-0.25, -0.2) is 9.97 Å². The summed E-state index contributed by atoms with van der Waals surface area (Å²) in [5, 5.41) is 21.4. The van der Waals surface area contributed by atoms with Gasteiger partial charge in [-0.05, 0) is 37.8 Å². The molecule has 0 amide bonds. The highest BCUT2D eigenvalue weighted by atomic mass is 32.1. The van der Waals surface area contributed by atoms with E-state index in [-0.39, 0.29) is 11.5 Å². The lowest BCUT2D eigenvalue weighted by molar-refractivity contribution is 0.469. The summed E-state index contributed by atoms with van der Waals surface area (Å²) in [5.74, 6) is 0.254. The molecule has 102 valence electrons. The summed E-state index contributed by atoms with van der Waals surface area (Å²) in [5.41, 5.74) is 1.65. The van der Waals surface area contributed by atoms with Crippen molar-refractivity contribution in [2.75, 3.05) is 0 Å². The van der Waals surface area contributed by atoms with Gasteiger partial charge in [0.25, 0.3) is 0 Å². The number of fused-ring (bicyclic) bond motifs is 2. The standard InChI is InChI=1S/C14H12N2O2S2/c17-8-5-6-9(18)12-11(8)16-14(20-12)13-15-7-3-1-2-4-10(7)19-13/h5-6,17-18H,1-4H2. The van der Waals surface area contributed by atoms with E-state index in [1.807, 2.05) is 0 Å². The van der Waals surface area contributed by atoms with Crippen molar-refractivity contribution in [1.82, 2.24) is 9.97 Å². The van der Waals surface area contributed by atoms with Crippen molar-refractivity contribution in [2.45, 2.75) is 25.7 Å². The summed E-state index contributed by atoms with van der Waals surface area (Å²) in [6.07, 6.45) is 4.59. The Morgan fingerprint density at radius 2 is 1.65 bits per heavy atom. The number of benzene rings is 1. The van der Waals surface area contributed by atoms with Crippen molar-refractivity contribution in [1.29, 1.82) is 0 Å². The molecule has 0 saturated heterocycles. The van der Waals surface area contributed by atoms with E-state index in [0.29, 0.717) is 10.2 Å².